The molecule has 1 aliphatic carbocycles. The number of hydrogen-bond donors (Lipinski definition) is 2. The molecule has 0 spiro atoms. The van der Waals surface area contributed by atoms with Crippen molar-refractivity contribution in [3.8, 4) is 5.75 Å². The number of amides is 1. The van der Waals surface area contributed by atoms with E-state index in [-0.39, 0.29) is 11.5 Å². The van der Waals surface area contributed by atoms with Crippen molar-refractivity contribution in [3.63, 3.8) is 0 Å². The van der Waals surface area contributed by atoms with Crippen LogP contribution in [-0.4, -0.2) is 31.8 Å². The van der Waals surface area contributed by atoms with E-state index in [9.17, 15) is 4.79 Å². The highest BCUT2D eigenvalue weighted by Crippen LogP contribution is 2.32. The van der Waals surface area contributed by atoms with Gasteiger partial charge in [-0.3, -0.25) is 4.79 Å². The number of carbonyl (C=O) groups excluding carboxylic acids is 1. The van der Waals surface area contributed by atoms with Gasteiger partial charge in [-0.05, 0) is 25.3 Å². The zero-order valence-electron chi connectivity index (χ0n) is 14.5. The largest absolute Gasteiger partial charge is 0.496 e. The van der Waals surface area contributed by atoms with E-state index in [2.05, 4.69) is 12.2 Å². The summed E-state index contributed by atoms with van der Waals surface area (Å²) in [5.41, 5.74) is 6.29. The number of rotatable bonds is 7. The molecule has 0 heterocycles. The van der Waals surface area contributed by atoms with E-state index in [0.29, 0.717) is 35.2 Å². The second kappa shape index (κ2) is 8.58. The molecule has 0 aromatic heterocycles. The molecule has 0 unspecified atom stereocenters. The third-order valence-electron chi connectivity index (χ3n) is 4.51. The molecule has 2 rings (SSSR count). The van der Waals surface area contributed by atoms with Crippen LogP contribution in [-0.2, 0) is 4.74 Å². The summed E-state index contributed by atoms with van der Waals surface area (Å²) in [6.45, 7) is 3.31. The van der Waals surface area contributed by atoms with Gasteiger partial charge in [-0.2, -0.15) is 0 Å². The Morgan fingerprint density at radius 3 is 2.67 bits per heavy atom. The lowest BCUT2D eigenvalue weighted by Gasteiger charge is -2.37. The van der Waals surface area contributed by atoms with Crippen LogP contribution in [0.4, 0.5) is 5.69 Å². The van der Waals surface area contributed by atoms with E-state index in [1.807, 2.05) is 0 Å². The molecule has 0 saturated heterocycles. The minimum Gasteiger partial charge on any atom is -0.496 e. The zero-order chi connectivity index (χ0) is 17.6. The highest BCUT2D eigenvalue weighted by atomic mass is 35.5. The third-order valence-corrected chi connectivity index (χ3v) is 4.84. The number of methoxy groups -OCH3 is 1. The normalized spacial score (nSPS) is 16.6. The standard InChI is InChI=1S/C18H27ClN2O3/c1-3-9-24-18(7-5-4-6-8-18)12-21-17(22)13-10-14(19)15(20)11-16(13)23-2/h10-11H,3-9,12,20H2,1-2H3,(H,21,22). The summed E-state index contributed by atoms with van der Waals surface area (Å²) >= 11 is 6.05. The molecular formula is C18H27ClN2O3. The molecule has 1 fully saturated rings. The van der Waals surface area contributed by atoms with Crippen molar-refractivity contribution in [3.05, 3.63) is 22.7 Å². The SMILES string of the molecule is CCCOC1(CNC(=O)c2cc(Cl)c(N)cc2OC)CCCCC1. The predicted octanol–water partition coefficient (Wildman–Crippen LogP) is 3.79. The van der Waals surface area contributed by atoms with Gasteiger partial charge in [0.1, 0.15) is 5.75 Å². The van der Waals surface area contributed by atoms with E-state index >= 15 is 0 Å². The molecule has 1 aliphatic rings. The van der Waals surface area contributed by atoms with Gasteiger partial charge >= 0.3 is 0 Å². The topological polar surface area (TPSA) is 73.6 Å². The van der Waals surface area contributed by atoms with Crippen molar-refractivity contribution in [2.24, 2.45) is 0 Å². The summed E-state index contributed by atoms with van der Waals surface area (Å²) < 4.78 is 11.4. The summed E-state index contributed by atoms with van der Waals surface area (Å²) in [6, 6.07) is 3.12. The molecule has 1 aromatic rings. The number of nitrogen functional groups attached to an aromatic ring is 1. The molecule has 134 valence electrons. The van der Waals surface area contributed by atoms with Crippen LogP contribution in [0.1, 0.15) is 55.8 Å². The van der Waals surface area contributed by atoms with Gasteiger partial charge in [0.15, 0.2) is 0 Å². The Kier molecular flexibility index (Phi) is 6.75. The fraction of sp³-hybridized carbons (Fsp3) is 0.611. The fourth-order valence-corrected chi connectivity index (χ4v) is 3.30. The van der Waals surface area contributed by atoms with Crippen molar-refractivity contribution in [1.29, 1.82) is 0 Å². The summed E-state index contributed by atoms with van der Waals surface area (Å²) in [5.74, 6) is 0.195. The molecule has 0 bridgehead atoms. The second-order valence-electron chi connectivity index (χ2n) is 6.35. The van der Waals surface area contributed by atoms with Crippen LogP contribution in [0.3, 0.4) is 0 Å². The maximum atomic E-state index is 12.6. The van der Waals surface area contributed by atoms with E-state index < -0.39 is 0 Å². The van der Waals surface area contributed by atoms with Gasteiger partial charge in [-0.15, -0.1) is 0 Å². The monoisotopic (exact) mass is 354 g/mol. The van der Waals surface area contributed by atoms with Crippen LogP contribution in [0.2, 0.25) is 5.02 Å². The smallest absolute Gasteiger partial charge is 0.255 e. The Hall–Kier alpha value is -1.46. The molecule has 3 N–H and O–H groups in total. The van der Waals surface area contributed by atoms with Gasteiger partial charge in [0, 0.05) is 19.2 Å². The maximum absolute atomic E-state index is 12.6. The Balaban J connectivity index is 2.09. The van der Waals surface area contributed by atoms with Gasteiger partial charge in [0.05, 0.1) is 29.0 Å². The lowest BCUT2D eigenvalue weighted by molar-refractivity contribution is -0.0669. The third kappa shape index (κ3) is 4.54. The van der Waals surface area contributed by atoms with Crippen LogP contribution in [0, 0.1) is 0 Å². The number of ether oxygens (including phenoxy) is 2. The number of nitrogens with two attached hydrogens (primary N) is 1. The molecule has 0 atom stereocenters. The van der Waals surface area contributed by atoms with Crippen LogP contribution >= 0.6 is 11.6 Å². The number of nitrogens with one attached hydrogen (secondary N) is 1. The Bertz CT molecular complexity index is 572. The molecular weight excluding hydrogens is 328 g/mol. The minimum atomic E-state index is -0.255. The van der Waals surface area contributed by atoms with Crippen LogP contribution < -0.4 is 15.8 Å². The number of anilines is 1. The van der Waals surface area contributed by atoms with E-state index in [1.165, 1.54) is 13.5 Å². The van der Waals surface area contributed by atoms with Crippen molar-refractivity contribution in [2.75, 3.05) is 26.0 Å². The molecule has 24 heavy (non-hydrogen) atoms. The zero-order valence-corrected chi connectivity index (χ0v) is 15.2. The van der Waals surface area contributed by atoms with Gasteiger partial charge < -0.3 is 20.5 Å². The van der Waals surface area contributed by atoms with E-state index in [1.54, 1.807) is 12.1 Å². The summed E-state index contributed by atoms with van der Waals surface area (Å²) in [5, 5.41) is 3.34. The Labute approximate surface area is 148 Å². The van der Waals surface area contributed by atoms with Crippen LogP contribution in [0.15, 0.2) is 12.1 Å². The lowest BCUT2D eigenvalue weighted by atomic mass is 9.84. The van der Waals surface area contributed by atoms with Crippen LogP contribution in [0.5, 0.6) is 5.75 Å². The number of hydrogen-bond acceptors (Lipinski definition) is 4. The van der Waals surface area contributed by atoms with E-state index in [4.69, 9.17) is 26.8 Å². The molecule has 1 saturated carbocycles. The molecule has 0 aliphatic heterocycles. The van der Waals surface area contributed by atoms with Crippen molar-refractivity contribution >= 4 is 23.2 Å². The molecule has 0 radical (unpaired) electrons. The van der Waals surface area contributed by atoms with Crippen LogP contribution in [0.25, 0.3) is 0 Å². The first-order valence-corrected chi connectivity index (χ1v) is 8.94. The molecule has 1 amide bonds. The number of halogens is 1. The first-order chi connectivity index (χ1) is 11.5. The second-order valence-corrected chi connectivity index (χ2v) is 6.76. The summed E-state index contributed by atoms with van der Waals surface area (Å²) in [6.07, 6.45) is 6.43. The maximum Gasteiger partial charge on any atom is 0.255 e. The fourth-order valence-electron chi connectivity index (χ4n) is 3.14. The summed E-state index contributed by atoms with van der Waals surface area (Å²) in [4.78, 5) is 12.6. The van der Waals surface area contributed by atoms with Gasteiger partial charge in [0.25, 0.3) is 5.91 Å². The average molecular weight is 355 g/mol. The quantitative estimate of drug-likeness (QED) is 0.730. The van der Waals surface area contributed by atoms with E-state index in [0.717, 1.165) is 32.1 Å². The summed E-state index contributed by atoms with van der Waals surface area (Å²) in [7, 11) is 1.51. The van der Waals surface area contributed by atoms with Gasteiger partial charge in [-0.1, -0.05) is 37.8 Å². The predicted molar refractivity (Wildman–Crippen MR) is 96.8 cm³/mol. The number of benzene rings is 1. The Morgan fingerprint density at radius 1 is 1.33 bits per heavy atom. The van der Waals surface area contributed by atoms with Gasteiger partial charge in [0.2, 0.25) is 0 Å². The lowest BCUT2D eigenvalue weighted by Crippen LogP contribution is -2.46. The van der Waals surface area contributed by atoms with Crippen molar-refractivity contribution < 1.29 is 14.3 Å². The van der Waals surface area contributed by atoms with Gasteiger partial charge in [-0.25, -0.2) is 0 Å². The average Bonchev–Trinajstić information content (AvgIpc) is 2.60. The minimum absolute atomic E-state index is 0.223. The molecule has 6 heteroatoms. The van der Waals surface area contributed by atoms with Crippen molar-refractivity contribution in [2.45, 2.75) is 51.0 Å². The first-order valence-electron chi connectivity index (χ1n) is 8.56. The van der Waals surface area contributed by atoms with Crippen molar-refractivity contribution in [1.82, 2.24) is 5.32 Å². The highest BCUT2D eigenvalue weighted by Gasteiger charge is 2.33. The first kappa shape index (κ1) is 18.9. The molecule has 1 aromatic carbocycles. The Morgan fingerprint density at radius 2 is 2.04 bits per heavy atom. The highest BCUT2D eigenvalue weighted by molar-refractivity contribution is 6.33. The number of carbonyl (C=O) groups is 1. The molecule has 5 nitrogen and oxygen atoms in total.